The van der Waals surface area contributed by atoms with Gasteiger partial charge < -0.3 is 19.2 Å². The van der Waals surface area contributed by atoms with Crippen molar-refractivity contribution in [2.75, 3.05) is 19.5 Å². The summed E-state index contributed by atoms with van der Waals surface area (Å²) in [6, 6.07) is 14.5. The van der Waals surface area contributed by atoms with Crippen LogP contribution in [0.5, 0.6) is 11.5 Å². The summed E-state index contributed by atoms with van der Waals surface area (Å²) in [6.45, 7) is 3.96. The second kappa shape index (κ2) is 8.63. The number of carbonyl (C=O) groups is 2. The maximum Gasteiger partial charge on any atom is 0.278 e. The smallest absolute Gasteiger partial charge is 0.278 e. The van der Waals surface area contributed by atoms with Crippen molar-refractivity contribution in [3.63, 3.8) is 0 Å². The SMILES string of the molecule is COc1ccc(NC2=C(c3ccc(C)cc3C)C(=O)N(Cc3ccco3)C2=O)cc1OC. The van der Waals surface area contributed by atoms with Crippen LogP contribution in [0.1, 0.15) is 22.5 Å². The molecule has 0 saturated heterocycles. The summed E-state index contributed by atoms with van der Waals surface area (Å²) < 4.78 is 16.0. The van der Waals surface area contributed by atoms with Gasteiger partial charge in [-0.05, 0) is 49.2 Å². The molecular formula is C25H24N2O5. The minimum Gasteiger partial charge on any atom is -0.493 e. The molecule has 0 spiro atoms. The van der Waals surface area contributed by atoms with Crippen LogP contribution in [0.25, 0.3) is 5.57 Å². The normalized spacial score (nSPS) is 13.7. The Morgan fingerprint density at radius 3 is 2.38 bits per heavy atom. The number of carbonyl (C=O) groups excluding carboxylic acids is 2. The Balaban J connectivity index is 1.79. The van der Waals surface area contributed by atoms with E-state index in [0.29, 0.717) is 34.1 Å². The third-order valence-corrected chi connectivity index (χ3v) is 5.37. The van der Waals surface area contributed by atoms with E-state index in [2.05, 4.69) is 5.32 Å². The summed E-state index contributed by atoms with van der Waals surface area (Å²) in [6.07, 6.45) is 1.52. The number of imide groups is 1. The predicted octanol–water partition coefficient (Wildman–Crippen LogP) is 4.31. The first kappa shape index (κ1) is 21.2. The van der Waals surface area contributed by atoms with Gasteiger partial charge in [-0.15, -0.1) is 0 Å². The molecule has 0 saturated carbocycles. The summed E-state index contributed by atoms with van der Waals surface area (Å²) in [5.41, 5.74) is 3.83. The summed E-state index contributed by atoms with van der Waals surface area (Å²) in [5, 5.41) is 3.15. The quantitative estimate of drug-likeness (QED) is 0.561. The molecule has 32 heavy (non-hydrogen) atoms. The van der Waals surface area contributed by atoms with Crippen LogP contribution in [0, 0.1) is 13.8 Å². The summed E-state index contributed by atoms with van der Waals surface area (Å²) in [7, 11) is 3.09. The first-order chi connectivity index (χ1) is 15.4. The van der Waals surface area contributed by atoms with Gasteiger partial charge in [-0.2, -0.15) is 0 Å². The molecule has 3 aromatic rings. The number of benzene rings is 2. The lowest BCUT2D eigenvalue weighted by Gasteiger charge is -2.14. The predicted molar refractivity (Wildman–Crippen MR) is 120 cm³/mol. The molecule has 0 fully saturated rings. The number of rotatable bonds is 7. The van der Waals surface area contributed by atoms with Crippen LogP contribution in [-0.2, 0) is 16.1 Å². The topological polar surface area (TPSA) is 81.0 Å². The van der Waals surface area contributed by atoms with Crippen molar-refractivity contribution in [3.05, 3.63) is 82.9 Å². The molecule has 2 heterocycles. The third-order valence-electron chi connectivity index (χ3n) is 5.37. The molecule has 0 atom stereocenters. The van der Waals surface area contributed by atoms with E-state index in [4.69, 9.17) is 13.9 Å². The van der Waals surface area contributed by atoms with E-state index in [9.17, 15) is 9.59 Å². The number of methoxy groups -OCH3 is 2. The van der Waals surface area contributed by atoms with Crippen LogP contribution < -0.4 is 14.8 Å². The fourth-order valence-corrected chi connectivity index (χ4v) is 3.80. The van der Waals surface area contributed by atoms with E-state index in [1.807, 2.05) is 32.0 Å². The Morgan fingerprint density at radius 2 is 1.72 bits per heavy atom. The lowest BCUT2D eigenvalue weighted by molar-refractivity contribution is -0.137. The standard InChI is InChI=1S/C25H24N2O5/c1-15-7-9-19(16(2)12-15)22-23(26-17-8-10-20(30-3)21(13-17)31-4)25(29)27(24(22)28)14-18-6-5-11-32-18/h5-13,26H,14H2,1-4H3. The molecule has 1 N–H and O–H groups in total. The fourth-order valence-electron chi connectivity index (χ4n) is 3.80. The van der Waals surface area contributed by atoms with Gasteiger partial charge in [-0.1, -0.05) is 23.8 Å². The number of nitrogens with one attached hydrogen (secondary N) is 1. The first-order valence-electron chi connectivity index (χ1n) is 10.1. The van der Waals surface area contributed by atoms with Gasteiger partial charge in [-0.25, -0.2) is 0 Å². The molecule has 2 amide bonds. The number of furan rings is 1. The molecule has 4 rings (SSSR count). The average molecular weight is 432 g/mol. The molecule has 0 bridgehead atoms. The van der Waals surface area contributed by atoms with Gasteiger partial charge in [0.05, 0.1) is 32.6 Å². The summed E-state index contributed by atoms with van der Waals surface area (Å²) in [4.78, 5) is 28.0. The number of hydrogen-bond acceptors (Lipinski definition) is 6. The fraction of sp³-hybridized carbons (Fsp3) is 0.200. The lowest BCUT2D eigenvalue weighted by atomic mass is 9.97. The van der Waals surface area contributed by atoms with Crippen molar-refractivity contribution in [1.82, 2.24) is 4.90 Å². The highest BCUT2D eigenvalue weighted by Crippen LogP contribution is 2.35. The Kier molecular flexibility index (Phi) is 5.73. The molecule has 7 nitrogen and oxygen atoms in total. The Bertz CT molecular complexity index is 1210. The minimum atomic E-state index is -0.420. The number of nitrogens with zero attached hydrogens (tertiary/aromatic N) is 1. The lowest BCUT2D eigenvalue weighted by Crippen LogP contribution is -2.31. The maximum atomic E-state index is 13.4. The van der Waals surface area contributed by atoms with Gasteiger partial charge in [0, 0.05) is 11.8 Å². The van der Waals surface area contributed by atoms with Crippen LogP contribution in [-0.4, -0.2) is 30.9 Å². The third kappa shape index (κ3) is 3.85. The number of ether oxygens (including phenoxy) is 2. The minimum absolute atomic E-state index is 0.0518. The van der Waals surface area contributed by atoms with Crippen LogP contribution in [0.3, 0.4) is 0 Å². The van der Waals surface area contributed by atoms with Crippen molar-refractivity contribution in [2.24, 2.45) is 0 Å². The van der Waals surface area contributed by atoms with Crippen molar-refractivity contribution in [1.29, 1.82) is 0 Å². The Morgan fingerprint density at radius 1 is 0.938 bits per heavy atom. The molecule has 0 unspecified atom stereocenters. The van der Waals surface area contributed by atoms with Crippen molar-refractivity contribution in [2.45, 2.75) is 20.4 Å². The zero-order valence-electron chi connectivity index (χ0n) is 18.4. The Labute approximate surface area is 186 Å². The average Bonchev–Trinajstić information content (AvgIpc) is 3.37. The Hall–Kier alpha value is -4.00. The zero-order chi connectivity index (χ0) is 22.8. The summed E-state index contributed by atoms with van der Waals surface area (Å²) >= 11 is 0. The van der Waals surface area contributed by atoms with Gasteiger partial charge in [0.2, 0.25) is 0 Å². The molecule has 1 aromatic heterocycles. The highest BCUT2D eigenvalue weighted by molar-refractivity contribution is 6.36. The summed E-state index contributed by atoms with van der Waals surface area (Å²) in [5.74, 6) is 0.807. The molecular weight excluding hydrogens is 408 g/mol. The van der Waals surface area contributed by atoms with Crippen molar-refractivity contribution in [3.8, 4) is 11.5 Å². The maximum absolute atomic E-state index is 13.4. The van der Waals surface area contributed by atoms with Crippen LogP contribution >= 0.6 is 0 Å². The number of anilines is 1. The molecule has 1 aliphatic heterocycles. The van der Waals surface area contributed by atoms with Crippen molar-refractivity contribution < 1.29 is 23.5 Å². The van der Waals surface area contributed by atoms with Gasteiger partial charge in [0.15, 0.2) is 11.5 Å². The zero-order valence-corrected chi connectivity index (χ0v) is 18.4. The number of aryl methyl sites for hydroxylation is 2. The molecule has 7 heteroatoms. The van der Waals surface area contributed by atoms with E-state index in [1.54, 1.807) is 37.4 Å². The monoisotopic (exact) mass is 432 g/mol. The molecule has 0 radical (unpaired) electrons. The van der Waals surface area contributed by atoms with Crippen LogP contribution in [0.4, 0.5) is 5.69 Å². The van der Waals surface area contributed by atoms with Crippen molar-refractivity contribution >= 4 is 23.1 Å². The first-order valence-corrected chi connectivity index (χ1v) is 10.1. The molecule has 164 valence electrons. The molecule has 2 aromatic carbocycles. The van der Waals surface area contributed by atoms with Gasteiger partial charge >= 0.3 is 0 Å². The van der Waals surface area contributed by atoms with Gasteiger partial charge in [0.25, 0.3) is 11.8 Å². The van der Waals surface area contributed by atoms with E-state index in [-0.39, 0.29) is 18.1 Å². The van der Waals surface area contributed by atoms with E-state index >= 15 is 0 Å². The van der Waals surface area contributed by atoms with Gasteiger partial charge in [-0.3, -0.25) is 14.5 Å². The van der Waals surface area contributed by atoms with Crippen LogP contribution in [0.2, 0.25) is 0 Å². The van der Waals surface area contributed by atoms with Crippen LogP contribution in [0.15, 0.2) is 64.9 Å². The highest BCUT2D eigenvalue weighted by Gasteiger charge is 2.40. The van der Waals surface area contributed by atoms with E-state index < -0.39 is 5.91 Å². The molecule has 1 aliphatic rings. The number of amides is 2. The van der Waals surface area contributed by atoms with Gasteiger partial charge in [0.1, 0.15) is 11.5 Å². The van der Waals surface area contributed by atoms with E-state index in [1.165, 1.54) is 18.3 Å². The highest BCUT2D eigenvalue weighted by atomic mass is 16.5. The largest absolute Gasteiger partial charge is 0.493 e. The van der Waals surface area contributed by atoms with E-state index in [0.717, 1.165) is 11.1 Å². The number of hydrogen-bond donors (Lipinski definition) is 1. The molecule has 0 aliphatic carbocycles. The second-order valence-electron chi connectivity index (χ2n) is 7.54. The second-order valence-corrected chi connectivity index (χ2v) is 7.54.